The van der Waals surface area contributed by atoms with Gasteiger partial charge in [0.15, 0.2) is 10.6 Å². The standard InChI is InChI=1S/C18H24N7O3.2ClH/c19-18(21-9-4-8-15-12-20-13-23-15)22-10-5-11-27-17-16(25(26)28-24-17)14-6-2-1-3-7-14;;/h1-3,6-7,12-13,24H,4-5,8-11H2,(H,20,23)(H3,19,21,22);2*1H/q+1;;. The molecule has 0 radical (unpaired) electrons. The number of aromatic nitrogens is 4. The Morgan fingerprint density at radius 3 is 2.80 bits per heavy atom. The molecule has 0 aliphatic heterocycles. The van der Waals surface area contributed by atoms with Crippen LogP contribution in [0.3, 0.4) is 0 Å². The lowest BCUT2D eigenvalue weighted by Gasteiger charge is -2.05. The molecule has 12 heteroatoms. The monoisotopic (exact) mass is 458 g/mol. The van der Waals surface area contributed by atoms with Crippen molar-refractivity contribution in [2.45, 2.75) is 19.3 Å². The number of rotatable bonds is 10. The highest BCUT2D eigenvalue weighted by Crippen LogP contribution is 2.23. The maximum Gasteiger partial charge on any atom is 0.375 e. The van der Waals surface area contributed by atoms with E-state index in [4.69, 9.17) is 15.1 Å². The Bertz CT molecular complexity index is 927. The fraction of sp³-hybridized carbons (Fsp3) is 0.333. The van der Waals surface area contributed by atoms with Crippen LogP contribution in [0.4, 0.5) is 0 Å². The summed E-state index contributed by atoms with van der Waals surface area (Å²) in [4.78, 5) is 23.1. The van der Waals surface area contributed by atoms with Gasteiger partial charge in [-0.1, -0.05) is 35.0 Å². The van der Waals surface area contributed by atoms with Crippen LogP contribution in [0.1, 0.15) is 18.5 Å². The first kappa shape index (κ1) is 25.1. The molecule has 2 aromatic heterocycles. The molecule has 3 rings (SSSR count). The number of aliphatic imine (C=N–C) groups is 1. The van der Waals surface area contributed by atoms with Gasteiger partial charge < -0.3 is 20.8 Å². The fourth-order valence-electron chi connectivity index (χ4n) is 2.60. The first-order valence-electron chi connectivity index (χ1n) is 9.08. The molecule has 0 bridgehead atoms. The Hall–Kier alpha value is -2.98. The van der Waals surface area contributed by atoms with Crippen LogP contribution >= 0.6 is 24.8 Å². The predicted octanol–water partition coefficient (Wildman–Crippen LogP) is 2.06. The van der Waals surface area contributed by atoms with E-state index in [9.17, 15) is 4.91 Å². The molecule has 0 aliphatic carbocycles. The third kappa shape index (κ3) is 7.45. The molecule has 0 unspecified atom stereocenters. The average Bonchev–Trinajstić information content (AvgIpc) is 3.35. The van der Waals surface area contributed by atoms with Crippen molar-refractivity contribution in [2.24, 2.45) is 10.7 Å². The van der Waals surface area contributed by atoms with E-state index in [1.807, 2.05) is 36.5 Å². The number of halogens is 2. The van der Waals surface area contributed by atoms with Gasteiger partial charge in [0, 0.05) is 37.0 Å². The predicted molar refractivity (Wildman–Crippen MR) is 118 cm³/mol. The highest BCUT2D eigenvalue weighted by atomic mass is 35.5. The number of aromatic amines is 2. The highest BCUT2D eigenvalue weighted by molar-refractivity contribution is 5.85. The van der Waals surface area contributed by atoms with Gasteiger partial charge >= 0.3 is 11.6 Å². The van der Waals surface area contributed by atoms with E-state index in [0.29, 0.717) is 41.4 Å². The molecule has 0 amide bonds. The van der Waals surface area contributed by atoms with Crippen molar-refractivity contribution in [3.63, 3.8) is 0 Å². The lowest BCUT2D eigenvalue weighted by atomic mass is 10.2. The first-order chi connectivity index (χ1) is 13.7. The highest BCUT2D eigenvalue weighted by Gasteiger charge is 2.23. The zero-order chi connectivity index (χ0) is 19.6. The van der Waals surface area contributed by atoms with Crippen molar-refractivity contribution in [1.82, 2.24) is 20.4 Å². The van der Waals surface area contributed by atoms with E-state index in [2.05, 4.69) is 25.4 Å². The Morgan fingerprint density at radius 2 is 2.07 bits per heavy atom. The van der Waals surface area contributed by atoms with Crippen molar-refractivity contribution < 1.29 is 14.0 Å². The Kier molecular flexibility index (Phi) is 11.1. The first-order valence-corrected chi connectivity index (χ1v) is 9.08. The van der Waals surface area contributed by atoms with Crippen LogP contribution in [0.25, 0.3) is 11.3 Å². The topological polar surface area (TPSA) is 140 Å². The molecule has 0 spiro atoms. The molecule has 0 atom stereocenters. The summed E-state index contributed by atoms with van der Waals surface area (Å²) in [5.74, 6) is 0.692. The number of hydrogen-bond donors (Lipinski definition) is 4. The minimum absolute atomic E-state index is 0. The van der Waals surface area contributed by atoms with E-state index in [-0.39, 0.29) is 30.7 Å². The van der Waals surface area contributed by atoms with Gasteiger partial charge in [0.05, 0.1) is 12.9 Å². The number of hydrogen-bond acceptors (Lipinski definition) is 5. The second-order valence-electron chi connectivity index (χ2n) is 6.07. The van der Waals surface area contributed by atoms with Gasteiger partial charge in [-0.25, -0.2) is 4.98 Å². The summed E-state index contributed by atoms with van der Waals surface area (Å²) in [5, 5.41) is 5.57. The molecule has 30 heavy (non-hydrogen) atoms. The van der Waals surface area contributed by atoms with Crippen molar-refractivity contribution in [1.29, 1.82) is 0 Å². The van der Waals surface area contributed by atoms with Gasteiger partial charge in [0.2, 0.25) is 0 Å². The molecule has 0 saturated heterocycles. The lowest BCUT2D eigenvalue weighted by molar-refractivity contribution is -0.704. The molecule has 1 aromatic carbocycles. The second kappa shape index (κ2) is 13.3. The molecular weight excluding hydrogens is 433 g/mol. The van der Waals surface area contributed by atoms with Crippen LogP contribution < -0.4 is 20.4 Å². The molecule has 0 fully saturated rings. The van der Waals surface area contributed by atoms with E-state index < -0.39 is 0 Å². The van der Waals surface area contributed by atoms with Crippen LogP contribution in [0, 0.1) is 4.91 Å². The number of imidazole rings is 1. The maximum atomic E-state index is 11.8. The summed E-state index contributed by atoms with van der Waals surface area (Å²) in [6.07, 6.45) is 5.95. The van der Waals surface area contributed by atoms with Crippen LogP contribution in [0.5, 0.6) is 5.88 Å². The zero-order valence-corrected chi connectivity index (χ0v) is 17.9. The fourth-order valence-corrected chi connectivity index (χ4v) is 2.60. The summed E-state index contributed by atoms with van der Waals surface area (Å²) in [6.45, 7) is 1.61. The smallest absolute Gasteiger partial charge is 0.375 e. The summed E-state index contributed by atoms with van der Waals surface area (Å²) in [6, 6.07) is 9.17. The van der Waals surface area contributed by atoms with Gasteiger partial charge in [0.1, 0.15) is 0 Å². The Morgan fingerprint density at radius 1 is 1.27 bits per heavy atom. The number of guanidine groups is 1. The Labute approximate surface area is 185 Å². The van der Waals surface area contributed by atoms with Crippen molar-refractivity contribution >= 4 is 30.8 Å². The summed E-state index contributed by atoms with van der Waals surface area (Å²) in [5.41, 5.74) is 7.95. The normalized spacial score (nSPS) is 10.7. The number of nitrogens with two attached hydrogens (primary N) is 1. The third-order valence-electron chi connectivity index (χ3n) is 3.98. The molecule has 10 nitrogen and oxygen atoms in total. The minimum atomic E-state index is 0. The third-order valence-corrected chi connectivity index (χ3v) is 3.98. The van der Waals surface area contributed by atoms with Gasteiger partial charge in [-0.2, -0.15) is 0 Å². The van der Waals surface area contributed by atoms with E-state index >= 15 is 0 Å². The lowest BCUT2D eigenvalue weighted by Crippen LogP contribution is -2.32. The average molecular weight is 459 g/mol. The van der Waals surface area contributed by atoms with E-state index in [0.717, 1.165) is 25.1 Å². The molecule has 2 heterocycles. The number of nitrogens with zero attached hydrogens (tertiary/aromatic N) is 3. The largest absolute Gasteiger partial charge is 0.457 e. The van der Waals surface area contributed by atoms with Gasteiger partial charge in [-0.15, -0.1) is 24.8 Å². The minimum Gasteiger partial charge on any atom is -0.457 e. The van der Waals surface area contributed by atoms with Crippen LogP contribution in [0.2, 0.25) is 0 Å². The van der Waals surface area contributed by atoms with E-state index in [1.165, 1.54) is 0 Å². The second-order valence-corrected chi connectivity index (χ2v) is 6.07. The molecule has 0 saturated carbocycles. The number of aryl methyl sites for hydroxylation is 1. The number of ether oxygens (including phenoxy) is 1. The summed E-state index contributed by atoms with van der Waals surface area (Å²) < 4.78 is 10.8. The summed E-state index contributed by atoms with van der Waals surface area (Å²) in [7, 11) is 0. The number of H-pyrrole nitrogens is 2. The molecule has 3 aromatic rings. The number of nitrogens with one attached hydrogen (secondary N) is 3. The van der Waals surface area contributed by atoms with Gasteiger partial charge in [-0.05, 0) is 22.9 Å². The van der Waals surface area contributed by atoms with Crippen molar-refractivity contribution in [2.75, 3.05) is 19.7 Å². The quantitative estimate of drug-likeness (QED) is 0.208. The van der Waals surface area contributed by atoms with Gasteiger partial charge in [-0.3, -0.25) is 4.99 Å². The molecule has 0 aliphatic rings. The molecule has 164 valence electrons. The number of benzene rings is 1. The van der Waals surface area contributed by atoms with Crippen LogP contribution in [-0.2, 0) is 6.42 Å². The Balaban J connectivity index is 0.00000225. The van der Waals surface area contributed by atoms with E-state index in [1.54, 1.807) is 6.33 Å². The zero-order valence-electron chi connectivity index (χ0n) is 16.2. The maximum absolute atomic E-state index is 11.8. The van der Waals surface area contributed by atoms with Crippen LogP contribution in [-0.4, -0.2) is 40.8 Å². The summed E-state index contributed by atoms with van der Waals surface area (Å²) >= 11 is 0. The van der Waals surface area contributed by atoms with Gasteiger partial charge in [0.25, 0.3) is 0 Å². The SMILES string of the molecule is Cl.Cl.NC(=NCCCOc1[nH]o[n+](=O)c1-c1ccccc1)NCCCc1cnc[nH]1. The van der Waals surface area contributed by atoms with Crippen molar-refractivity contribution in [3.05, 3.63) is 53.5 Å². The molecule has 5 N–H and O–H groups in total. The van der Waals surface area contributed by atoms with Crippen LogP contribution in [0.15, 0.2) is 52.5 Å². The molecular formula is C18H26Cl2N7O3+. The van der Waals surface area contributed by atoms with Crippen molar-refractivity contribution in [3.8, 4) is 17.1 Å².